The Morgan fingerprint density at radius 2 is 2.18 bits per heavy atom. The Bertz CT molecular complexity index is 443. The molecule has 0 unspecified atom stereocenters. The minimum atomic E-state index is -0.110. The van der Waals surface area contributed by atoms with E-state index in [1.54, 1.807) is 7.11 Å². The van der Waals surface area contributed by atoms with Gasteiger partial charge in [0, 0.05) is 43.0 Å². The summed E-state index contributed by atoms with van der Waals surface area (Å²) in [5, 5.41) is 0.710. The van der Waals surface area contributed by atoms with Crippen LogP contribution in [0.4, 0.5) is 0 Å². The van der Waals surface area contributed by atoms with Crippen LogP contribution in [0.3, 0.4) is 0 Å². The monoisotopic (exact) mass is 253 g/mol. The zero-order valence-corrected chi connectivity index (χ0v) is 10.5. The van der Waals surface area contributed by atoms with Gasteiger partial charge in [0.1, 0.15) is 11.4 Å². The lowest BCUT2D eigenvalue weighted by Crippen LogP contribution is -2.55. The van der Waals surface area contributed by atoms with E-state index in [4.69, 9.17) is 26.8 Å². The topological polar surface area (TPSA) is 44.5 Å². The molecule has 17 heavy (non-hydrogen) atoms. The third-order valence-electron chi connectivity index (χ3n) is 3.82. The van der Waals surface area contributed by atoms with Gasteiger partial charge in [-0.25, -0.2) is 0 Å². The molecule has 1 heterocycles. The van der Waals surface area contributed by atoms with Gasteiger partial charge in [-0.05, 0) is 18.2 Å². The fourth-order valence-corrected chi connectivity index (χ4v) is 3.05. The van der Waals surface area contributed by atoms with Crippen LogP contribution >= 0.6 is 11.6 Å². The largest absolute Gasteiger partial charge is 0.487 e. The van der Waals surface area contributed by atoms with Crippen LogP contribution < -0.4 is 10.5 Å². The lowest BCUT2D eigenvalue weighted by molar-refractivity contribution is -0.124. The highest BCUT2D eigenvalue weighted by molar-refractivity contribution is 6.30. The normalized spacial score (nSPS) is 35.0. The molecule has 1 spiro atoms. The maximum atomic E-state index is 6.21. The number of methoxy groups -OCH3 is 1. The lowest BCUT2D eigenvalue weighted by atomic mass is 9.71. The Morgan fingerprint density at radius 1 is 1.41 bits per heavy atom. The maximum Gasteiger partial charge on any atom is 0.125 e. The Morgan fingerprint density at radius 3 is 2.88 bits per heavy atom. The van der Waals surface area contributed by atoms with Gasteiger partial charge in [-0.15, -0.1) is 0 Å². The van der Waals surface area contributed by atoms with Crippen LogP contribution in [0.25, 0.3) is 0 Å². The van der Waals surface area contributed by atoms with Gasteiger partial charge >= 0.3 is 0 Å². The molecule has 1 aromatic carbocycles. The van der Waals surface area contributed by atoms with E-state index in [2.05, 4.69) is 0 Å². The van der Waals surface area contributed by atoms with Gasteiger partial charge in [0.2, 0.25) is 0 Å². The quantitative estimate of drug-likeness (QED) is 0.837. The number of hydrogen-bond acceptors (Lipinski definition) is 3. The summed E-state index contributed by atoms with van der Waals surface area (Å²) in [6.45, 7) is 0. The molecule has 1 saturated carbocycles. The van der Waals surface area contributed by atoms with E-state index in [1.165, 1.54) is 0 Å². The minimum absolute atomic E-state index is 0.00950. The second kappa shape index (κ2) is 3.87. The van der Waals surface area contributed by atoms with Gasteiger partial charge in [-0.2, -0.15) is 0 Å². The Balaban J connectivity index is 1.87. The molecule has 1 aromatic rings. The highest BCUT2D eigenvalue weighted by atomic mass is 35.5. The van der Waals surface area contributed by atoms with E-state index < -0.39 is 0 Å². The Labute approximate surface area is 106 Å². The molecule has 0 bridgehead atoms. The minimum Gasteiger partial charge on any atom is -0.487 e. The molecule has 2 N–H and O–H groups in total. The van der Waals surface area contributed by atoms with Crippen LogP contribution in [0.1, 0.15) is 30.9 Å². The average molecular weight is 254 g/mol. The predicted molar refractivity (Wildman–Crippen MR) is 66.4 cm³/mol. The smallest absolute Gasteiger partial charge is 0.125 e. The number of nitrogens with two attached hydrogens (primary N) is 1. The summed E-state index contributed by atoms with van der Waals surface area (Å²) in [5.74, 6) is 0.878. The molecule has 3 nitrogen and oxygen atoms in total. The van der Waals surface area contributed by atoms with Crippen molar-refractivity contribution in [1.82, 2.24) is 0 Å². The van der Waals surface area contributed by atoms with E-state index in [1.807, 2.05) is 18.2 Å². The van der Waals surface area contributed by atoms with E-state index in [-0.39, 0.29) is 11.6 Å². The Hall–Kier alpha value is -0.770. The molecule has 1 aliphatic heterocycles. The van der Waals surface area contributed by atoms with Gasteiger partial charge in [0.05, 0.1) is 6.10 Å². The third kappa shape index (κ3) is 1.82. The van der Waals surface area contributed by atoms with Crippen LogP contribution in [0.2, 0.25) is 5.02 Å². The van der Waals surface area contributed by atoms with Gasteiger partial charge < -0.3 is 15.2 Å². The number of rotatable bonds is 1. The van der Waals surface area contributed by atoms with Crippen molar-refractivity contribution >= 4 is 11.6 Å². The van der Waals surface area contributed by atoms with Gasteiger partial charge in [-0.1, -0.05) is 11.6 Å². The zero-order chi connectivity index (χ0) is 12.0. The van der Waals surface area contributed by atoms with Crippen LogP contribution in [0.15, 0.2) is 18.2 Å². The second-order valence-corrected chi connectivity index (χ2v) is 5.48. The summed E-state index contributed by atoms with van der Waals surface area (Å²) >= 11 is 5.98. The van der Waals surface area contributed by atoms with Crippen molar-refractivity contribution in [3.63, 3.8) is 0 Å². The van der Waals surface area contributed by atoms with E-state index in [9.17, 15) is 0 Å². The van der Waals surface area contributed by atoms with Crippen molar-refractivity contribution < 1.29 is 9.47 Å². The molecule has 4 heteroatoms. The molecule has 0 amide bonds. The molecule has 0 saturated heterocycles. The summed E-state index contributed by atoms with van der Waals surface area (Å²) in [6, 6.07) is 5.67. The third-order valence-corrected chi connectivity index (χ3v) is 4.06. The van der Waals surface area contributed by atoms with E-state index >= 15 is 0 Å². The fourth-order valence-electron chi connectivity index (χ4n) is 2.87. The maximum absolute atomic E-state index is 6.21. The molecule has 2 aliphatic rings. The first kappa shape index (κ1) is 11.3. The zero-order valence-electron chi connectivity index (χ0n) is 9.78. The predicted octanol–water partition coefficient (Wildman–Crippen LogP) is 2.67. The molecular formula is C13H16ClNO2. The molecular weight excluding hydrogens is 238 g/mol. The Kier molecular flexibility index (Phi) is 2.58. The standard InChI is InChI=1S/C13H16ClNO2/c1-16-9-5-13(6-9)7-11(15)10-4-8(14)2-3-12(10)17-13/h2-4,9,11H,5-7,15H2,1H3/t9?,11-,13?/m0/s1. The van der Waals surface area contributed by atoms with Crippen LogP contribution in [0, 0.1) is 0 Å². The van der Waals surface area contributed by atoms with Crippen molar-refractivity contribution in [2.75, 3.05) is 7.11 Å². The molecule has 3 rings (SSSR count). The summed E-state index contributed by atoms with van der Waals surface area (Å²) in [6.07, 6.45) is 3.02. The van der Waals surface area contributed by atoms with Gasteiger partial charge in [0.15, 0.2) is 0 Å². The SMILES string of the molecule is COC1CC2(C1)C[C@H](N)c1cc(Cl)ccc1O2. The average Bonchev–Trinajstić information content (AvgIpc) is 2.26. The van der Waals surface area contributed by atoms with Gasteiger partial charge in [0.25, 0.3) is 0 Å². The van der Waals surface area contributed by atoms with Crippen molar-refractivity contribution in [1.29, 1.82) is 0 Å². The first-order valence-electron chi connectivity index (χ1n) is 5.89. The first-order valence-corrected chi connectivity index (χ1v) is 6.26. The van der Waals surface area contributed by atoms with E-state index in [0.29, 0.717) is 11.1 Å². The summed E-state index contributed by atoms with van der Waals surface area (Å²) < 4.78 is 11.4. The number of benzene rings is 1. The number of halogens is 1. The number of fused-ring (bicyclic) bond motifs is 1. The summed E-state index contributed by atoms with van der Waals surface area (Å²) in [4.78, 5) is 0. The molecule has 0 aromatic heterocycles. The van der Waals surface area contributed by atoms with Crippen molar-refractivity contribution in [2.24, 2.45) is 5.73 Å². The van der Waals surface area contributed by atoms with E-state index in [0.717, 1.165) is 30.6 Å². The second-order valence-electron chi connectivity index (χ2n) is 5.04. The molecule has 1 atom stereocenters. The van der Waals surface area contributed by atoms with Gasteiger partial charge in [-0.3, -0.25) is 0 Å². The molecule has 1 fully saturated rings. The van der Waals surface area contributed by atoms with Crippen LogP contribution in [0.5, 0.6) is 5.75 Å². The number of ether oxygens (including phenoxy) is 2. The van der Waals surface area contributed by atoms with Crippen molar-refractivity contribution in [2.45, 2.75) is 37.0 Å². The first-order chi connectivity index (χ1) is 8.12. The summed E-state index contributed by atoms with van der Waals surface area (Å²) in [5.41, 5.74) is 7.12. The molecule has 92 valence electrons. The summed E-state index contributed by atoms with van der Waals surface area (Å²) in [7, 11) is 1.74. The highest BCUT2D eigenvalue weighted by Crippen LogP contribution is 2.49. The highest BCUT2D eigenvalue weighted by Gasteiger charge is 2.50. The lowest BCUT2D eigenvalue weighted by Gasteiger charge is -2.50. The van der Waals surface area contributed by atoms with Crippen LogP contribution in [-0.4, -0.2) is 18.8 Å². The molecule has 0 radical (unpaired) electrons. The number of hydrogen-bond donors (Lipinski definition) is 1. The fraction of sp³-hybridized carbons (Fsp3) is 0.538. The van der Waals surface area contributed by atoms with Crippen LogP contribution in [-0.2, 0) is 4.74 Å². The molecule has 1 aliphatic carbocycles. The van der Waals surface area contributed by atoms with Crippen molar-refractivity contribution in [3.05, 3.63) is 28.8 Å². The van der Waals surface area contributed by atoms with Crippen molar-refractivity contribution in [3.8, 4) is 5.75 Å².